The minimum absolute atomic E-state index is 0.254. The second-order valence-corrected chi connectivity index (χ2v) is 3.44. The predicted molar refractivity (Wildman–Crippen MR) is 50.7 cm³/mol. The largest absolute Gasteiger partial charge is 0.418 e. The van der Waals surface area contributed by atoms with Crippen LogP contribution in [0, 0.1) is 0 Å². The first-order valence-electron chi connectivity index (χ1n) is 4.58. The number of rotatable bonds is 1. The summed E-state index contributed by atoms with van der Waals surface area (Å²) in [5, 5.41) is 1.73. The summed E-state index contributed by atoms with van der Waals surface area (Å²) in [5.74, 6) is -0.889. The fraction of sp³-hybridized carbons (Fsp3) is 0.300. The summed E-state index contributed by atoms with van der Waals surface area (Å²) < 4.78 is 74.5. The molecule has 1 aromatic carbocycles. The van der Waals surface area contributed by atoms with Crippen molar-refractivity contribution < 1.29 is 31.1 Å². The van der Waals surface area contributed by atoms with Crippen LogP contribution in [0.2, 0.25) is 0 Å². The highest BCUT2D eigenvalue weighted by molar-refractivity contribution is 5.89. The van der Waals surface area contributed by atoms with Gasteiger partial charge in [-0.05, 0) is 18.2 Å². The third-order valence-corrected chi connectivity index (χ3v) is 1.96. The Balaban J connectivity index is 3.34. The van der Waals surface area contributed by atoms with Crippen molar-refractivity contribution in [2.24, 2.45) is 0 Å². The summed E-state index contributed by atoms with van der Waals surface area (Å²) in [5.41, 5.74) is -3.50. The van der Waals surface area contributed by atoms with Gasteiger partial charge in [-0.15, -0.1) is 0 Å². The standard InChI is InChI=1S/C10H7F6NO/c1-5(18)17-8-4-6(9(11,12)13)2-3-7(8)10(14,15)16/h2-4H,1H3,(H,17,18). The summed E-state index contributed by atoms with van der Waals surface area (Å²) in [7, 11) is 0. The molecule has 0 aliphatic carbocycles. The molecule has 0 bridgehead atoms. The first-order valence-corrected chi connectivity index (χ1v) is 4.58. The maximum absolute atomic E-state index is 12.5. The third-order valence-electron chi connectivity index (χ3n) is 1.96. The smallest absolute Gasteiger partial charge is 0.326 e. The van der Waals surface area contributed by atoms with Crippen LogP contribution >= 0.6 is 0 Å². The predicted octanol–water partition coefficient (Wildman–Crippen LogP) is 3.68. The SMILES string of the molecule is CC(=O)Nc1cc(C(F)(F)F)ccc1C(F)(F)F. The van der Waals surface area contributed by atoms with Crippen LogP contribution in [-0.4, -0.2) is 5.91 Å². The van der Waals surface area contributed by atoms with Crippen LogP contribution in [0.3, 0.4) is 0 Å². The Morgan fingerprint density at radius 3 is 2.00 bits per heavy atom. The Morgan fingerprint density at radius 2 is 1.61 bits per heavy atom. The van der Waals surface area contributed by atoms with Crippen LogP contribution in [0.15, 0.2) is 18.2 Å². The number of hydrogen-bond acceptors (Lipinski definition) is 1. The molecule has 8 heteroatoms. The molecule has 0 saturated heterocycles. The molecule has 18 heavy (non-hydrogen) atoms. The van der Waals surface area contributed by atoms with Gasteiger partial charge in [-0.25, -0.2) is 0 Å². The fourth-order valence-electron chi connectivity index (χ4n) is 1.26. The van der Waals surface area contributed by atoms with Crippen LogP contribution in [0.1, 0.15) is 18.1 Å². The first kappa shape index (κ1) is 14.3. The van der Waals surface area contributed by atoms with Gasteiger partial charge >= 0.3 is 12.4 Å². The van der Waals surface area contributed by atoms with Gasteiger partial charge in [0, 0.05) is 6.92 Å². The molecule has 1 amide bonds. The number of anilines is 1. The van der Waals surface area contributed by atoms with Gasteiger partial charge in [-0.2, -0.15) is 26.3 Å². The van der Waals surface area contributed by atoms with Gasteiger partial charge < -0.3 is 5.32 Å². The van der Waals surface area contributed by atoms with E-state index in [1.54, 1.807) is 5.32 Å². The van der Waals surface area contributed by atoms with E-state index >= 15 is 0 Å². The summed E-state index contributed by atoms with van der Waals surface area (Å²) in [6, 6.07) is 0.854. The molecule has 2 nitrogen and oxygen atoms in total. The van der Waals surface area contributed by atoms with E-state index in [1.165, 1.54) is 0 Å². The Morgan fingerprint density at radius 1 is 1.06 bits per heavy atom. The maximum Gasteiger partial charge on any atom is 0.418 e. The van der Waals surface area contributed by atoms with Crippen LogP contribution in [0.25, 0.3) is 0 Å². The zero-order valence-corrected chi connectivity index (χ0v) is 8.91. The van der Waals surface area contributed by atoms with E-state index in [2.05, 4.69) is 0 Å². The molecular formula is C10H7F6NO. The Kier molecular flexibility index (Phi) is 3.59. The van der Waals surface area contributed by atoms with Crippen molar-refractivity contribution in [3.63, 3.8) is 0 Å². The van der Waals surface area contributed by atoms with Gasteiger partial charge in [0.15, 0.2) is 0 Å². The lowest BCUT2D eigenvalue weighted by Gasteiger charge is -2.15. The topological polar surface area (TPSA) is 29.1 Å². The molecule has 0 fully saturated rings. The second-order valence-electron chi connectivity index (χ2n) is 3.44. The molecule has 0 atom stereocenters. The Bertz CT molecular complexity index is 462. The number of amides is 1. The van der Waals surface area contributed by atoms with Crippen molar-refractivity contribution in [1.29, 1.82) is 0 Å². The van der Waals surface area contributed by atoms with Gasteiger partial charge in [-0.1, -0.05) is 0 Å². The quantitative estimate of drug-likeness (QED) is 0.775. The average Bonchev–Trinajstić information content (AvgIpc) is 2.13. The molecular weight excluding hydrogens is 264 g/mol. The Hall–Kier alpha value is -1.73. The maximum atomic E-state index is 12.5. The van der Waals surface area contributed by atoms with Crippen molar-refractivity contribution in [1.82, 2.24) is 0 Å². The molecule has 1 aromatic rings. The lowest BCUT2D eigenvalue weighted by Crippen LogP contribution is -2.16. The van der Waals surface area contributed by atoms with Crippen LogP contribution in [-0.2, 0) is 17.1 Å². The molecule has 0 aromatic heterocycles. The zero-order valence-electron chi connectivity index (χ0n) is 8.91. The molecule has 0 saturated carbocycles. The fourth-order valence-corrected chi connectivity index (χ4v) is 1.26. The number of carbonyl (C=O) groups excluding carboxylic acids is 1. The van der Waals surface area contributed by atoms with Gasteiger partial charge in [0.25, 0.3) is 0 Å². The number of halogens is 6. The number of carbonyl (C=O) groups is 1. The minimum atomic E-state index is -4.85. The molecule has 0 unspecified atom stereocenters. The van der Waals surface area contributed by atoms with Gasteiger partial charge in [0.1, 0.15) is 0 Å². The highest BCUT2D eigenvalue weighted by Crippen LogP contribution is 2.38. The van der Waals surface area contributed by atoms with Gasteiger partial charge in [0.2, 0.25) is 5.91 Å². The molecule has 0 aliphatic rings. The van der Waals surface area contributed by atoms with E-state index in [1.807, 2.05) is 0 Å². The lowest BCUT2D eigenvalue weighted by molar-refractivity contribution is -0.141. The summed E-state index contributed by atoms with van der Waals surface area (Å²) >= 11 is 0. The molecule has 100 valence electrons. The minimum Gasteiger partial charge on any atom is -0.326 e. The van der Waals surface area contributed by atoms with Crippen molar-refractivity contribution in [2.75, 3.05) is 5.32 Å². The van der Waals surface area contributed by atoms with E-state index in [0.717, 1.165) is 6.92 Å². The van der Waals surface area contributed by atoms with E-state index in [4.69, 9.17) is 0 Å². The molecule has 1 rings (SSSR count). The molecule has 1 N–H and O–H groups in total. The molecule has 0 spiro atoms. The van der Waals surface area contributed by atoms with Crippen molar-refractivity contribution in [3.05, 3.63) is 29.3 Å². The number of nitrogens with one attached hydrogen (secondary N) is 1. The van der Waals surface area contributed by atoms with Crippen LogP contribution < -0.4 is 5.32 Å². The van der Waals surface area contributed by atoms with E-state index in [0.29, 0.717) is 6.07 Å². The number of alkyl halides is 6. The van der Waals surface area contributed by atoms with Crippen molar-refractivity contribution >= 4 is 11.6 Å². The van der Waals surface area contributed by atoms with Crippen LogP contribution in [0.5, 0.6) is 0 Å². The van der Waals surface area contributed by atoms with Gasteiger partial charge in [0.05, 0.1) is 16.8 Å². The molecule has 0 aliphatic heterocycles. The molecule has 0 heterocycles. The van der Waals surface area contributed by atoms with Gasteiger partial charge in [-0.3, -0.25) is 4.79 Å². The van der Waals surface area contributed by atoms with Crippen molar-refractivity contribution in [3.8, 4) is 0 Å². The number of hydrogen-bond donors (Lipinski definition) is 1. The first-order chi connectivity index (χ1) is 8.01. The summed E-state index contributed by atoms with van der Waals surface area (Å²) in [4.78, 5) is 10.7. The normalized spacial score (nSPS) is 12.4. The summed E-state index contributed by atoms with van der Waals surface area (Å²) in [6.07, 6.45) is -9.63. The highest BCUT2D eigenvalue weighted by atomic mass is 19.4. The monoisotopic (exact) mass is 271 g/mol. The Labute approximate surface area is 97.6 Å². The van der Waals surface area contributed by atoms with E-state index < -0.39 is 35.1 Å². The van der Waals surface area contributed by atoms with Crippen LogP contribution in [0.4, 0.5) is 32.0 Å². The summed E-state index contributed by atoms with van der Waals surface area (Å²) in [6.45, 7) is 0.903. The molecule has 0 radical (unpaired) electrons. The van der Waals surface area contributed by atoms with Crippen molar-refractivity contribution in [2.45, 2.75) is 19.3 Å². The highest BCUT2D eigenvalue weighted by Gasteiger charge is 2.37. The average molecular weight is 271 g/mol. The lowest BCUT2D eigenvalue weighted by atomic mass is 10.1. The third kappa shape index (κ3) is 3.38. The van der Waals surface area contributed by atoms with E-state index in [-0.39, 0.29) is 12.1 Å². The number of benzene rings is 1. The second kappa shape index (κ2) is 4.51. The zero-order chi connectivity index (χ0) is 14.1. The van der Waals surface area contributed by atoms with E-state index in [9.17, 15) is 31.1 Å².